The van der Waals surface area contributed by atoms with E-state index in [0.717, 1.165) is 22.8 Å². The maximum Gasteiger partial charge on any atom is 0.133 e. The first-order valence-corrected chi connectivity index (χ1v) is 7.23. The van der Waals surface area contributed by atoms with Gasteiger partial charge in [0.05, 0.1) is 11.1 Å². The van der Waals surface area contributed by atoms with E-state index < -0.39 is 0 Å². The summed E-state index contributed by atoms with van der Waals surface area (Å²) in [5, 5.41) is 3.61. The fourth-order valence-electron chi connectivity index (χ4n) is 2.32. The third-order valence-electron chi connectivity index (χ3n) is 3.25. The predicted molar refractivity (Wildman–Crippen MR) is 74.4 cm³/mol. The Balaban J connectivity index is 1.90. The van der Waals surface area contributed by atoms with Gasteiger partial charge in [0.1, 0.15) is 5.75 Å². The van der Waals surface area contributed by atoms with Gasteiger partial charge in [-0.2, -0.15) is 0 Å². The van der Waals surface area contributed by atoms with Gasteiger partial charge < -0.3 is 10.1 Å². The second-order valence-corrected chi connectivity index (χ2v) is 5.41. The van der Waals surface area contributed by atoms with Gasteiger partial charge in [-0.1, -0.05) is 18.9 Å². The van der Waals surface area contributed by atoms with Gasteiger partial charge >= 0.3 is 0 Å². The zero-order chi connectivity index (χ0) is 12.1. The molecule has 0 atom stereocenters. The fourth-order valence-corrected chi connectivity index (χ4v) is 2.86. The van der Waals surface area contributed by atoms with E-state index in [2.05, 4.69) is 33.4 Å². The molecule has 0 spiro atoms. The van der Waals surface area contributed by atoms with Crippen molar-refractivity contribution in [1.29, 1.82) is 0 Å². The standard InChI is InChI=1S/C14H20BrNO/c1-2-17-14-8-7-11(9-13(14)15)10-16-12-5-3-4-6-12/h7-9,12,16H,2-6,10H2,1H3. The summed E-state index contributed by atoms with van der Waals surface area (Å²) in [7, 11) is 0. The van der Waals surface area contributed by atoms with Crippen LogP contribution in [0, 0.1) is 0 Å². The Morgan fingerprint density at radius 3 is 2.76 bits per heavy atom. The Kier molecular flexibility index (Phi) is 4.86. The molecule has 0 aromatic heterocycles. The van der Waals surface area contributed by atoms with Crippen molar-refractivity contribution in [2.24, 2.45) is 0 Å². The number of nitrogens with one attached hydrogen (secondary N) is 1. The highest BCUT2D eigenvalue weighted by Gasteiger charge is 2.13. The summed E-state index contributed by atoms with van der Waals surface area (Å²) in [6.45, 7) is 3.66. The second kappa shape index (κ2) is 6.41. The van der Waals surface area contributed by atoms with E-state index in [1.165, 1.54) is 31.2 Å². The Hall–Kier alpha value is -0.540. The zero-order valence-electron chi connectivity index (χ0n) is 10.3. The molecule has 17 heavy (non-hydrogen) atoms. The molecule has 1 aliphatic rings. The molecule has 0 bridgehead atoms. The molecule has 0 saturated heterocycles. The number of halogens is 1. The first kappa shape index (κ1) is 12.9. The summed E-state index contributed by atoms with van der Waals surface area (Å²) in [5.74, 6) is 0.928. The van der Waals surface area contributed by atoms with Crippen molar-refractivity contribution in [3.05, 3.63) is 28.2 Å². The van der Waals surface area contributed by atoms with Gasteiger partial charge in [-0.25, -0.2) is 0 Å². The smallest absolute Gasteiger partial charge is 0.133 e. The van der Waals surface area contributed by atoms with E-state index in [0.29, 0.717) is 6.61 Å². The lowest BCUT2D eigenvalue weighted by atomic mass is 10.2. The van der Waals surface area contributed by atoms with Crippen molar-refractivity contribution >= 4 is 15.9 Å². The molecule has 1 aromatic carbocycles. The lowest BCUT2D eigenvalue weighted by Crippen LogP contribution is -2.25. The largest absolute Gasteiger partial charge is 0.493 e. The van der Waals surface area contributed by atoms with Crippen molar-refractivity contribution in [2.45, 2.75) is 45.2 Å². The van der Waals surface area contributed by atoms with Crippen LogP contribution in [-0.4, -0.2) is 12.6 Å². The summed E-state index contributed by atoms with van der Waals surface area (Å²) in [6, 6.07) is 7.05. The molecule has 94 valence electrons. The van der Waals surface area contributed by atoms with Crippen LogP contribution < -0.4 is 10.1 Å². The lowest BCUT2D eigenvalue weighted by Gasteiger charge is -2.13. The number of hydrogen-bond acceptors (Lipinski definition) is 2. The van der Waals surface area contributed by atoms with Crippen molar-refractivity contribution in [2.75, 3.05) is 6.61 Å². The van der Waals surface area contributed by atoms with Crippen LogP contribution in [-0.2, 0) is 6.54 Å². The molecule has 0 radical (unpaired) electrons. The third-order valence-corrected chi connectivity index (χ3v) is 3.87. The average molecular weight is 298 g/mol. The van der Waals surface area contributed by atoms with Crippen LogP contribution in [0.1, 0.15) is 38.2 Å². The van der Waals surface area contributed by atoms with Crippen LogP contribution in [0.25, 0.3) is 0 Å². The summed E-state index contributed by atoms with van der Waals surface area (Å²) < 4.78 is 6.55. The van der Waals surface area contributed by atoms with Gasteiger partial charge in [0.2, 0.25) is 0 Å². The maximum absolute atomic E-state index is 5.50. The molecular formula is C14H20BrNO. The average Bonchev–Trinajstić information content (AvgIpc) is 2.83. The van der Waals surface area contributed by atoms with Gasteiger partial charge in [0.25, 0.3) is 0 Å². The minimum absolute atomic E-state index is 0.707. The molecule has 0 unspecified atom stereocenters. The molecular weight excluding hydrogens is 278 g/mol. The first-order chi connectivity index (χ1) is 8.29. The van der Waals surface area contributed by atoms with Crippen molar-refractivity contribution in [1.82, 2.24) is 5.32 Å². The summed E-state index contributed by atoms with van der Waals surface area (Å²) in [6.07, 6.45) is 5.42. The molecule has 1 N–H and O–H groups in total. The Bertz CT molecular complexity index is 361. The summed E-state index contributed by atoms with van der Waals surface area (Å²) >= 11 is 3.55. The van der Waals surface area contributed by atoms with E-state index in [4.69, 9.17) is 4.74 Å². The van der Waals surface area contributed by atoms with Crippen molar-refractivity contribution in [3.8, 4) is 5.75 Å². The van der Waals surface area contributed by atoms with Gasteiger partial charge in [-0.3, -0.25) is 0 Å². The minimum Gasteiger partial charge on any atom is -0.493 e. The van der Waals surface area contributed by atoms with Crippen molar-refractivity contribution in [3.63, 3.8) is 0 Å². The highest BCUT2D eigenvalue weighted by Crippen LogP contribution is 2.26. The van der Waals surface area contributed by atoms with E-state index in [1.54, 1.807) is 0 Å². The fraction of sp³-hybridized carbons (Fsp3) is 0.571. The zero-order valence-corrected chi connectivity index (χ0v) is 11.9. The van der Waals surface area contributed by atoms with Gasteiger partial charge in [0, 0.05) is 12.6 Å². The SMILES string of the molecule is CCOc1ccc(CNC2CCCC2)cc1Br. The van der Waals surface area contributed by atoms with Crippen LogP contribution in [0.2, 0.25) is 0 Å². The number of hydrogen-bond donors (Lipinski definition) is 1. The highest BCUT2D eigenvalue weighted by molar-refractivity contribution is 9.10. The number of rotatable bonds is 5. The Labute approximate surface area is 112 Å². The molecule has 3 heteroatoms. The van der Waals surface area contributed by atoms with Gasteiger partial charge in [0.15, 0.2) is 0 Å². The Morgan fingerprint density at radius 2 is 2.12 bits per heavy atom. The van der Waals surface area contributed by atoms with Crippen LogP contribution in [0.5, 0.6) is 5.75 Å². The van der Waals surface area contributed by atoms with Gasteiger partial charge in [-0.05, 0) is 53.4 Å². The van der Waals surface area contributed by atoms with Crippen LogP contribution in [0.15, 0.2) is 22.7 Å². The lowest BCUT2D eigenvalue weighted by molar-refractivity contribution is 0.338. The van der Waals surface area contributed by atoms with E-state index in [1.807, 2.05) is 13.0 Å². The molecule has 1 fully saturated rings. The molecule has 1 aliphatic carbocycles. The minimum atomic E-state index is 0.707. The van der Waals surface area contributed by atoms with E-state index >= 15 is 0 Å². The predicted octanol–water partition coefficient (Wildman–Crippen LogP) is 3.88. The normalized spacial score (nSPS) is 16.4. The maximum atomic E-state index is 5.50. The molecule has 2 rings (SSSR count). The third kappa shape index (κ3) is 3.71. The Morgan fingerprint density at radius 1 is 1.35 bits per heavy atom. The monoisotopic (exact) mass is 297 g/mol. The quantitative estimate of drug-likeness (QED) is 0.890. The summed E-state index contributed by atoms with van der Waals surface area (Å²) in [4.78, 5) is 0. The van der Waals surface area contributed by atoms with Gasteiger partial charge in [-0.15, -0.1) is 0 Å². The first-order valence-electron chi connectivity index (χ1n) is 6.44. The van der Waals surface area contributed by atoms with E-state index in [-0.39, 0.29) is 0 Å². The number of benzene rings is 1. The summed E-state index contributed by atoms with van der Waals surface area (Å²) in [5.41, 5.74) is 1.31. The van der Waals surface area contributed by atoms with Crippen molar-refractivity contribution < 1.29 is 4.74 Å². The molecule has 0 heterocycles. The molecule has 0 amide bonds. The molecule has 1 saturated carbocycles. The molecule has 0 aliphatic heterocycles. The topological polar surface area (TPSA) is 21.3 Å². The van der Waals surface area contributed by atoms with Crippen LogP contribution in [0.3, 0.4) is 0 Å². The van der Waals surface area contributed by atoms with Crippen LogP contribution >= 0.6 is 15.9 Å². The molecule has 2 nitrogen and oxygen atoms in total. The van der Waals surface area contributed by atoms with E-state index in [9.17, 15) is 0 Å². The number of ether oxygens (including phenoxy) is 1. The second-order valence-electron chi connectivity index (χ2n) is 4.56. The highest BCUT2D eigenvalue weighted by atomic mass is 79.9. The molecule has 1 aromatic rings. The van der Waals surface area contributed by atoms with Crippen LogP contribution in [0.4, 0.5) is 0 Å².